The number of esters is 1. The quantitative estimate of drug-likeness (QED) is 0.490. The molecule has 2 unspecified atom stereocenters. The van der Waals surface area contributed by atoms with Gasteiger partial charge in [-0.1, -0.05) is 6.92 Å². The summed E-state index contributed by atoms with van der Waals surface area (Å²) in [5, 5.41) is 21.7. The summed E-state index contributed by atoms with van der Waals surface area (Å²) in [7, 11) is 0. The summed E-state index contributed by atoms with van der Waals surface area (Å²) < 4.78 is 5.26. The van der Waals surface area contributed by atoms with Gasteiger partial charge < -0.3 is 20.3 Å². The van der Waals surface area contributed by atoms with E-state index in [1.807, 2.05) is 6.92 Å². The van der Waals surface area contributed by atoms with Crippen LogP contribution < -0.4 is 5.32 Å². The molecular formula is C14H27NO4S. The Morgan fingerprint density at radius 2 is 2.20 bits per heavy atom. The SMILES string of the molecule is CCCNC(CSCC(O)CO)(C(=O)OCC)C1CC1. The second-order valence-corrected chi connectivity index (χ2v) is 6.27. The van der Waals surface area contributed by atoms with Crippen molar-refractivity contribution in [2.45, 2.75) is 44.8 Å². The van der Waals surface area contributed by atoms with E-state index in [9.17, 15) is 9.90 Å². The lowest BCUT2D eigenvalue weighted by atomic mass is 9.95. The van der Waals surface area contributed by atoms with Crippen molar-refractivity contribution >= 4 is 17.7 Å². The minimum absolute atomic E-state index is 0.179. The Morgan fingerprint density at radius 3 is 2.70 bits per heavy atom. The maximum absolute atomic E-state index is 12.4. The van der Waals surface area contributed by atoms with Crippen LogP contribution in [0.1, 0.15) is 33.1 Å². The zero-order valence-electron chi connectivity index (χ0n) is 12.4. The number of ether oxygens (including phenoxy) is 1. The van der Waals surface area contributed by atoms with E-state index in [2.05, 4.69) is 12.2 Å². The molecular weight excluding hydrogens is 278 g/mol. The molecule has 0 amide bonds. The number of rotatable bonds is 11. The number of thioether (sulfide) groups is 1. The first-order valence-corrected chi connectivity index (χ1v) is 8.55. The van der Waals surface area contributed by atoms with Crippen LogP contribution in [0.15, 0.2) is 0 Å². The van der Waals surface area contributed by atoms with Gasteiger partial charge in [-0.25, -0.2) is 0 Å². The summed E-state index contributed by atoms with van der Waals surface area (Å²) in [5.74, 6) is 1.15. The molecule has 6 heteroatoms. The van der Waals surface area contributed by atoms with E-state index in [1.165, 1.54) is 11.8 Å². The number of carbonyl (C=O) groups is 1. The van der Waals surface area contributed by atoms with Crippen molar-refractivity contribution in [2.75, 3.05) is 31.3 Å². The van der Waals surface area contributed by atoms with E-state index in [1.54, 1.807) is 0 Å². The molecule has 20 heavy (non-hydrogen) atoms. The van der Waals surface area contributed by atoms with E-state index in [0.717, 1.165) is 25.8 Å². The van der Waals surface area contributed by atoms with Gasteiger partial charge in [-0.3, -0.25) is 4.79 Å². The third kappa shape index (κ3) is 4.91. The second kappa shape index (κ2) is 8.87. The summed E-state index contributed by atoms with van der Waals surface area (Å²) in [6.45, 7) is 4.80. The lowest BCUT2D eigenvalue weighted by Gasteiger charge is -2.32. The van der Waals surface area contributed by atoms with Gasteiger partial charge in [0.15, 0.2) is 0 Å². The molecule has 5 nitrogen and oxygen atoms in total. The molecule has 3 N–H and O–H groups in total. The summed E-state index contributed by atoms with van der Waals surface area (Å²) in [6.07, 6.45) is 2.31. The zero-order chi connectivity index (χ0) is 15.0. The molecule has 0 aromatic carbocycles. The van der Waals surface area contributed by atoms with Gasteiger partial charge in [-0.15, -0.1) is 0 Å². The summed E-state index contributed by atoms with van der Waals surface area (Å²) in [6, 6.07) is 0. The van der Waals surface area contributed by atoms with Gasteiger partial charge in [0.2, 0.25) is 0 Å². The topological polar surface area (TPSA) is 78.8 Å². The molecule has 0 aromatic heterocycles. The normalized spacial score (nSPS) is 19.4. The lowest BCUT2D eigenvalue weighted by Crippen LogP contribution is -2.57. The third-order valence-corrected chi connectivity index (χ3v) is 4.74. The van der Waals surface area contributed by atoms with Gasteiger partial charge in [0.25, 0.3) is 0 Å². The lowest BCUT2D eigenvalue weighted by molar-refractivity contribution is -0.151. The Bertz CT molecular complexity index is 299. The smallest absolute Gasteiger partial charge is 0.327 e. The highest BCUT2D eigenvalue weighted by Crippen LogP contribution is 2.42. The van der Waals surface area contributed by atoms with Crippen molar-refractivity contribution in [1.29, 1.82) is 0 Å². The number of hydrogen-bond donors (Lipinski definition) is 3. The standard InChI is InChI=1S/C14H27NO4S/c1-3-7-15-14(11-5-6-11,13(18)19-4-2)10-20-9-12(17)8-16/h11-12,15-17H,3-10H2,1-2H3. The first-order valence-electron chi connectivity index (χ1n) is 7.39. The van der Waals surface area contributed by atoms with E-state index in [-0.39, 0.29) is 12.6 Å². The van der Waals surface area contributed by atoms with Crippen molar-refractivity contribution in [3.8, 4) is 0 Å². The van der Waals surface area contributed by atoms with Crippen LogP contribution in [0, 0.1) is 5.92 Å². The average Bonchev–Trinajstić information content (AvgIpc) is 3.27. The molecule has 0 radical (unpaired) electrons. The fourth-order valence-electron chi connectivity index (χ4n) is 2.20. The number of aliphatic hydroxyl groups excluding tert-OH is 2. The van der Waals surface area contributed by atoms with Crippen molar-refractivity contribution in [1.82, 2.24) is 5.32 Å². The molecule has 0 bridgehead atoms. The second-order valence-electron chi connectivity index (χ2n) is 5.24. The minimum Gasteiger partial charge on any atom is -0.465 e. The third-order valence-electron chi connectivity index (χ3n) is 3.46. The van der Waals surface area contributed by atoms with E-state index >= 15 is 0 Å². The summed E-state index contributed by atoms with van der Waals surface area (Å²) in [5.41, 5.74) is -0.633. The van der Waals surface area contributed by atoms with E-state index < -0.39 is 11.6 Å². The molecule has 1 saturated carbocycles. The number of carbonyl (C=O) groups excluding carboxylic acids is 1. The predicted octanol–water partition coefficient (Wildman–Crippen LogP) is 0.784. The van der Waals surface area contributed by atoms with Crippen molar-refractivity contribution in [3.05, 3.63) is 0 Å². The van der Waals surface area contributed by atoms with E-state index in [0.29, 0.717) is 24.0 Å². The van der Waals surface area contributed by atoms with Gasteiger partial charge in [-0.05, 0) is 38.6 Å². The van der Waals surface area contributed by atoms with E-state index in [4.69, 9.17) is 9.84 Å². The van der Waals surface area contributed by atoms with Crippen LogP contribution in [0.5, 0.6) is 0 Å². The largest absolute Gasteiger partial charge is 0.465 e. The Kier molecular flexibility index (Phi) is 7.87. The maximum atomic E-state index is 12.4. The van der Waals surface area contributed by atoms with Gasteiger partial charge in [0, 0.05) is 11.5 Å². The molecule has 0 saturated heterocycles. The van der Waals surface area contributed by atoms with Crippen molar-refractivity contribution in [3.63, 3.8) is 0 Å². The summed E-state index contributed by atoms with van der Waals surface area (Å²) in [4.78, 5) is 12.4. The van der Waals surface area contributed by atoms with Crippen LogP contribution in [-0.2, 0) is 9.53 Å². The highest BCUT2D eigenvalue weighted by Gasteiger charge is 2.51. The van der Waals surface area contributed by atoms with Crippen LogP contribution >= 0.6 is 11.8 Å². The molecule has 0 aromatic rings. The molecule has 118 valence electrons. The Labute approximate surface area is 125 Å². The van der Waals surface area contributed by atoms with Crippen LogP contribution in [0.4, 0.5) is 0 Å². The van der Waals surface area contributed by atoms with Gasteiger partial charge in [-0.2, -0.15) is 11.8 Å². The number of nitrogens with one attached hydrogen (secondary N) is 1. The average molecular weight is 305 g/mol. The van der Waals surface area contributed by atoms with Crippen molar-refractivity contribution < 1.29 is 19.7 Å². The van der Waals surface area contributed by atoms with Crippen molar-refractivity contribution in [2.24, 2.45) is 5.92 Å². The van der Waals surface area contributed by atoms with Crippen LogP contribution in [0.25, 0.3) is 0 Å². The van der Waals surface area contributed by atoms with Crippen LogP contribution in [0.3, 0.4) is 0 Å². The molecule has 1 rings (SSSR count). The number of aliphatic hydroxyl groups is 2. The first kappa shape index (κ1) is 17.8. The fourth-order valence-corrected chi connectivity index (χ4v) is 3.48. The highest BCUT2D eigenvalue weighted by atomic mass is 32.2. The molecule has 1 fully saturated rings. The maximum Gasteiger partial charge on any atom is 0.327 e. The first-order chi connectivity index (χ1) is 9.60. The Morgan fingerprint density at radius 1 is 1.50 bits per heavy atom. The minimum atomic E-state index is -0.731. The monoisotopic (exact) mass is 305 g/mol. The molecule has 1 aliphatic carbocycles. The molecule has 1 aliphatic rings. The zero-order valence-corrected chi connectivity index (χ0v) is 13.2. The predicted molar refractivity (Wildman–Crippen MR) is 80.8 cm³/mol. The highest BCUT2D eigenvalue weighted by molar-refractivity contribution is 7.99. The Balaban J connectivity index is 2.67. The van der Waals surface area contributed by atoms with Gasteiger partial charge in [0.05, 0.1) is 19.3 Å². The summed E-state index contributed by atoms with van der Waals surface area (Å²) >= 11 is 1.49. The molecule has 2 atom stereocenters. The van der Waals surface area contributed by atoms with Gasteiger partial charge in [0.1, 0.15) is 5.54 Å². The number of hydrogen-bond acceptors (Lipinski definition) is 6. The van der Waals surface area contributed by atoms with Crippen LogP contribution in [-0.4, -0.2) is 59.1 Å². The fraction of sp³-hybridized carbons (Fsp3) is 0.929. The van der Waals surface area contributed by atoms with Gasteiger partial charge >= 0.3 is 5.97 Å². The molecule has 0 aliphatic heterocycles. The molecule has 0 spiro atoms. The molecule has 0 heterocycles. The Hall–Kier alpha value is -0.300. The van der Waals surface area contributed by atoms with Crippen LogP contribution in [0.2, 0.25) is 0 Å².